The highest BCUT2D eigenvalue weighted by Crippen LogP contribution is 2.30. The molecule has 2 rings (SSSR count). The van der Waals surface area contributed by atoms with E-state index in [1.165, 1.54) is 12.8 Å². The molecule has 1 heterocycles. The Labute approximate surface area is 107 Å². The molecular weight excluding hydrogens is 234 g/mol. The van der Waals surface area contributed by atoms with Crippen LogP contribution in [0.3, 0.4) is 0 Å². The third kappa shape index (κ3) is 3.14. The lowest BCUT2D eigenvalue weighted by molar-refractivity contribution is 0.205. The van der Waals surface area contributed by atoms with Crippen LogP contribution in [0.25, 0.3) is 0 Å². The molecule has 0 saturated heterocycles. The van der Waals surface area contributed by atoms with Crippen LogP contribution in [0.4, 0.5) is 5.69 Å². The normalized spacial score (nSPS) is 14.6. The Bertz CT molecular complexity index is 389. The van der Waals surface area contributed by atoms with Crippen LogP contribution in [0.5, 0.6) is 0 Å². The number of hydrogen-bond acceptors (Lipinski definition) is 4. The molecule has 1 aromatic heterocycles. The number of pyridine rings is 1. The first-order chi connectivity index (χ1) is 8.22. The van der Waals surface area contributed by atoms with Gasteiger partial charge in [0.1, 0.15) is 4.99 Å². The van der Waals surface area contributed by atoms with Gasteiger partial charge in [-0.05, 0) is 25.0 Å². The van der Waals surface area contributed by atoms with Gasteiger partial charge >= 0.3 is 0 Å². The van der Waals surface area contributed by atoms with Crippen molar-refractivity contribution in [3.05, 3.63) is 24.0 Å². The van der Waals surface area contributed by atoms with Crippen molar-refractivity contribution in [1.29, 1.82) is 0 Å². The second kappa shape index (κ2) is 5.42. The summed E-state index contributed by atoms with van der Waals surface area (Å²) >= 11 is 4.89. The lowest BCUT2D eigenvalue weighted by Crippen LogP contribution is -2.29. The van der Waals surface area contributed by atoms with Gasteiger partial charge in [-0.1, -0.05) is 12.2 Å². The maximum atomic E-state index is 5.53. The van der Waals surface area contributed by atoms with Crippen molar-refractivity contribution < 1.29 is 4.74 Å². The van der Waals surface area contributed by atoms with Crippen molar-refractivity contribution in [3.63, 3.8) is 0 Å². The molecule has 1 aromatic rings. The van der Waals surface area contributed by atoms with Crippen LogP contribution in [0, 0.1) is 0 Å². The Morgan fingerprint density at radius 2 is 2.35 bits per heavy atom. The van der Waals surface area contributed by atoms with Crippen molar-refractivity contribution >= 4 is 22.9 Å². The lowest BCUT2D eigenvalue weighted by Gasteiger charge is -2.24. The molecule has 0 spiro atoms. The number of nitrogens with zero attached hydrogens (tertiary/aromatic N) is 2. The molecule has 92 valence electrons. The fraction of sp³-hybridized carbons (Fsp3) is 0.500. The molecule has 0 unspecified atom stereocenters. The van der Waals surface area contributed by atoms with Gasteiger partial charge in [0.2, 0.25) is 0 Å². The van der Waals surface area contributed by atoms with E-state index in [-0.39, 0.29) is 0 Å². The SMILES string of the molecule is COCCN(c1ccc(C(N)=S)nc1)C1CC1. The number of nitrogens with two attached hydrogens (primary N) is 1. The summed E-state index contributed by atoms with van der Waals surface area (Å²) < 4.78 is 5.13. The third-order valence-electron chi connectivity index (χ3n) is 2.86. The van der Waals surface area contributed by atoms with Crippen LogP contribution in [0.1, 0.15) is 18.5 Å². The van der Waals surface area contributed by atoms with Crippen LogP contribution in [-0.4, -0.2) is 36.3 Å². The van der Waals surface area contributed by atoms with Crippen LogP contribution in [-0.2, 0) is 4.74 Å². The van der Waals surface area contributed by atoms with Gasteiger partial charge in [-0.3, -0.25) is 4.98 Å². The van der Waals surface area contributed by atoms with E-state index in [1.807, 2.05) is 18.3 Å². The number of methoxy groups -OCH3 is 1. The quantitative estimate of drug-likeness (QED) is 0.773. The topological polar surface area (TPSA) is 51.4 Å². The van der Waals surface area contributed by atoms with Crippen LogP contribution < -0.4 is 10.6 Å². The highest BCUT2D eigenvalue weighted by Gasteiger charge is 2.29. The molecule has 0 amide bonds. The van der Waals surface area contributed by atoms with Gasteiger partial charge in [0.25, 0.3) is 0 Å². The monoisotopic (exact) mass is 251 g/mol. The molecule has 1 aliphatic rings. The zero-order valence-corrected chi connectivity index (χ0v) is 10.7. The largest absolute Gasteiger partial charge is 0.388 e. The Morgan fingerprint density at radius 1 is 1.59 bits per heavy atom. The molecule has 17 heavy (non-hydrogen) atoms. The van der Waals surface area contributed by atoms with E-state index in [2.05, 4.69) is 9.88 Å². The van der Waals surface area contributed by atoms with E-state index >= 15 is 0 Å². The summed E-state index contributed by atoms with van der Waals surface area (Å²) in [4.78, 5) is 6.94. The maximum Gasteiger partial charge on any atom is 0.122 e. The average Bonchev–Trinajstić information content (AvgIpc) is 3.14. The molecule has 5 heteroatoms. The second-order valence-electron chi connectivity index (χ2n) is 4.18. The standard InChI is InChI=1S/C12H17N3OS/c1-16-7-6-15(9-2-3-9)10-4-5-11(12(13)17)14-8-10/h4-5,8-9H,2-3,6-7H2,1H3,(H2,13,17). The molecule has 4 nitrogen and oxygen atoms in total. The average molecular weight is 251 g/mol. The van der Waals surface area contributed by atoms with Gasteiger partial charge in [0, 0.05) is 19.7 Å². The Balaban J connectivity index is 2.09. The maximum absolute atomic E-state index is 5.53. The minimum Gasteiger partial charge on any atom is -0.388 e. The van der Waals surface area contributed by atoms with Gasteiger partial charge in [-0.25, -0.2) is 0 Å². The number of aromatic nitrogens is 1. The molecule has 1 fully saturated rings. The van der Waals surface area contributed by atoms with Crippen LogP contribution in [0.2, 0.25) is 0 Å². The first-order valence-corrected chi connectivity index (χ1v) is 6.14. The summed E-state index contributed by atoms with van der Waals surface area (Å²) in [6, 6.07) is 4.54. The number of hydrogen-bond donors (Lipinski definition) is 1. The first kappa shape index (κ1) is 12.3. The Morgan fingerprint density at radius 3 is 2.82 bits per heavy atom. The number of anilines is 1. The van der Waals surface area contributed by atoms with E-state index in [0.29, 0.717) is 16.7 Å². The molecule has 1 saturated carbocycles. The second-order valence-corrected chi connectivity index (χ2v) is 4.62. The molecule has 0 bridgehead atoms. The van der Waals surface area contributed by atoms with Gasteiger partial charge in [-0.15, -0.1) is 0 Å². The summed E-state index contributed by atoms with van der Waals surface area (Å²) in [5.41, 5.74) is 7.32. The molecular formula is C12H17N3OS. The fourth-order valence-electron chi connectivity index (χ4n) is 1.80. The van der Waals surface area contributed by atoms with Crippen LogP contribution >= 0.6 is 12.2 Å². The predicted molar refractivity (Wildman–Crippen MR) is 72.4 cm³/mol. The number of ether oxygens (including phenoxy) is 1. The fourth-order valence-corrected chi connectivity index (χ4v) is 1.92. The number of thiocarbonyl (C=S) groups is 1. The van der Waals surface area contributed by atoms with Gasteiger partial charge in [-0.2, -0.15) is 0 Å². The molecule has 1 aliphatic carbocycles. The highest BCUT2D eigenvalue weighted by atomic mass is 32.1. The molecule has 2 N–H and O–H groups in total. The summed E-state index contributed by atoms with van der Waals surface area (Å²) in [6.45, 7) is 1.63. The number of rotatable bonds is 6. The summed E-state index contributed by atoms with van der Waals surface area (Å²) in [6.07, 6.45) is 4.34. The molecule has 0 aliphatic heterocycles. The zero-order valence-electron chi connectivity index (χ0n) is 9.93. The highest BCUT2D eigenvalue weighted by molar-refractivity contribution is 7.80. The van der Waals surface area contributed by atoms with Crippen molar-refractivity contribution in [2.75, 3.05) is 25.2 Å². The molecule has 0 atom stereocenters. The van der Waals surface area contributed by atoms with Gasteiger partial charge in [0.05, 0.1) is 24.2 Å². The van der Waals surface area contributed by atoms with Gasteiger partial charge < -0.3 is 15.4 Å². The van der Waals surface area contributed by atoms with Crippen molar-refractivity contribution in [1.82, 2.24) is 4.98 Å². The van der Waals surface area contributed by atoms with Crippen molar-refractivity contribution in [2.45, 2.75) is 18.9 Å². The van der Waals surface area contributed by atoms with E-state index in [9.17, 15) is 0 Å². The summed E-state index contributed by atoms with van der Waals surface area (Å²) in [5.74, 6) is 0. The molecule has 0 radical (unpaired) electrons. The van der Waals surface area contributed by atoms with Crippen molar-refractivity contribution in [2.24, 2.45) is 5.73 Å². The minimum absolute atomic E-state index is 0.339. The smallest absolute Gasteiger partial charge is 0.122 e. The summed E-state index contributed by atoms with van der Waals surface area (Å²) in [7, 11) is 1.72. The van der Waals surface area contributed by atoms with E-state index < -0.39 is 0 Å². The third-order valence-corrected chi connectivity index (χ3v) is 3.07. The van der Waals surface area contributed by atoms with E-state index in [0.717, 1.165) is 18.8 Å². The minimum atomic E-state index is 0.339. The van der Waals surface area contributed by atoms with E-state index in [4.69, 9.17) is 22.7 Å². The predicted octanol–water partition coefficient (Wildman–Crippen LogP) is 1.33. The van der Waals surface area contributed by atoms with Crippen LogP contribution in [0.15, 0.2) is 18.3 Å². The Hall–Kier alpha value is -1.20. The lowest BCUT2D eigenvalue weighted by atomic mass is 10.3. The zero-order chi connectivity index (χ0) is 12.3. The van der Waals surface area contributed by atoms with E-state index in [1.54, 1.807) is 7.11 Å². The van der Waals surface area contributed by atoms with Gasteiger partial charge in [0.15, 0.2) is 0 Å². The Kier molecular flexibility index (Phi) is 3.91. The summed E-state index contributed by atoms with van der Waals surface area (Å²) in [5, 5.41) is 0. The molecule has 0 aromatic carbocycles. The first-order valence-electron chi connectivity index (χ1n) is 5.74. The van der Waals surface area contributed by atoms with Crippen molar-refractivity contribution in [3.8, 4) is 0 Å².